The number of hydrogen-bond acceptors (Lipinski definition) is 5. The SMILES string of the molecule is C/C=C/c1ccc([C@@H]2[C@@H](C#N)N(c3nc(CC)cs3)[C@@H]2CO)cc1. The molecule has 5 heteroatoms. The quantitative estimate of drug-likeness (QED) is 0.904. The number of thiazole rings is 1. The van der Waals surface area contributed by atoms with Gasteiger partial charge in [-0.25, -0.2) is 4.98 Å². The first kappa shape index (κ1) is 16.7. The summed E-state index contributed by atoms with van der Waals surface area (Å²) in [6, 6.07) is 10.2. The van der Waals surface area contributed by atoms with E-state index < -0.39 is 0 Å². The molecular weight excluding hydrogens is 318 g/mol. The number of aliphatic hydroxyl groups is 1. The fourth-order valence-corrected chi connectivity index (χ4v) is 4.27. The number of aryl methyl sites for hydroxylation is 1. The molecule has 0 aliphatic carbocycles. The van der Waals surface area contributed by atoms with Crippen molar-refractivity contribution >= 4 is 22.5 Å². The monoisotopic (exact) mass is 339 g/mol. The summed E-state index contributed by atoms with van der Waals surface area (Å²) >= 11 is 1.55. The molecule has 2 heterocycles. The van der Waals surface area contributed by atoms with E-state index in [2.05, 4.69) is 42.2 Å². The number of anilines is 1. The Balaban J connectivity index is 1.87. The summed E-state index contributed by atoms with van der Waals surface area (Å²) in [6.45, 7) is 4.07. The predicted molar refractivity (Wildman–Crippen MR) is 98.1 cm³/mol. The smallest absolute Gasteiger partial charge is 0.186 e. The van der Waals surface area contributed by atoms with E-state index in [-0.39, 0.29) is 24.6 Å². The van der Waals surface area contributed by atoms with E-state index in [1.165, 1.54) is 0 Å². The van der Waals surface area contributed by atoms with Gasteiger partial charge in [0.2, 0.25) is 0 Å². The highest BCUT2D eigenvalue weighted by Crippen LogP contribution is 2.44. The highest BCUT2D eigenvalue weighted by molar-refractivity contribution is 7.13. The summed E-state index contributed by atoms with van der Waals surface area (Å²) in [6.07, 6.45) is 4.92. The van der Waals surface area contributed by atoms with Gasteiger partial charge in [0.1, 0.15) is 6.04 Å². The summed E-state index contributed by atoms with van der Waals surface area (Å²) in [5.74, 6) is 0.00799. The second-order valence-corrected chi connectivity index (χ2v) is 6.74. The average Bonchev–Trinajstić information content (AvgIpc) is 3.05. The minimum absolute atomic E-state index is 0.00799. The molecular formula is C19H21N3OS. The number of rotatable bonds is 5. The van der Waals surface area contributed by atoms with Gasteiger partial charge in [0.25, 0.3) is 0 Å². The molecule has 0 radical (unpaired) electrons. The molecule has 1 aliphatic heterocycles. The van der Waals surface area contributed by atoms with Gasteiger partial charge in [-0.3, -0.25) is 0 Å². The highest BCUT2D eigenvalue weighted by atomic mass is 32.1. The van der Waals surface area contributed by atoms with E-state index in [1.54, 1.807) is 11.3 Å². The molecule has 3 atom stereocenters. The first-order valence-corrected chi connectivity index (χ1v) is 9.07. The van der Waals surface area contributed by atoms with Crippen LogP contribution >= 0.6 is 11.3 Å². The van der Waals surface area contributed by atoms with Crippen LogP contribution in [-0.4, -0.2) is 28.8 Å². The van der Waals surface area contributed by atoms with Crippen LogP contribution in [0.5, 0.6) is 0 Å². The molecule has 0 amide bonds. The summed E-state index contributed by atoms with van der Waals surface area (Å²) in [5.41, 5.74) is 3.26. The van der Waals surface area contributed by atoms with E-state index in [1.807, 2.05) is 29.4 Å². The lowest BCUT2D eigenvalue weighted by Gasteiger charge is -2.51. The van der Waals surface area contributed by atoms with Crippen molar-refractivity contribution in [1.29, 1.82) is 5.26 Å². The molecule has 1 saturated heterocycles. The molecule has 2 aromatic rings. The Morgan fingerprint density at radius 1 is 1.38 bits per heavy atom. The fraction of sp³-hybridized carbons (Fsp3) is 0.368. The van der Waals surface area contributed by atoms with Crippen LogP contribution in [0.2, 0.25) is 0 Å². The Hall–Kier alpha value is -2.16. The van der Waals surface area contributed by atoms with E-state index >= 15 is 0 Å². The predicted octanol–water partition coefficient (Wildman–Crippen LogP) is 3.60. The van der Waals surface area contributed by atoms with E-state index in [4.69, 9.17) is 0 Å². The normalized spacial score (nSPS) is 23.2. The first-order chi connectivity index (χ1) is 11.7. The number of hydrogen-bond donors (Lipinski definition) is 1. The number of benzene rings is 1. The van der Waals surface area contributed by atoms with Crippen molar-refractivity contribution in [3.63, 3.8) is 0 Å². The fourth-order valence-electron chi connectivity index (χ4n) is 3.27. The van der Waals surface area contributed by atoms with Gasteiger partial charge in [-0.1, -0.05) is 43.3 Å². The maximum Gasteiger partial charge on any atom is 0.186 e. The molecule has 124 valence electrons. The summed E-state index contributed by atoms with van der Waals surface area (Å²) in [7, 11) is 0. The second-order valence-electron chi connectivity index (χ2n) is 5.90. The molecule has 0 spiro atoms. The molecule has 24 heavy (non-hydrogen) atoms. The standard InChI is InChI=1S/C19H21N3OS/c1-3-5-13-6-8-14(9-7-13)18-16(10-20)22(17(18)11-23)19-21-15(4-2)12-24-19/h3,5-9,12,16-18,23H,4,11H2,1-2H3/b5-3+/t16-,17-,18-/m1/s1. The third kappa shape index (κ3) is 2.83. The van der Waals surface area contributed by atoms with Gasteiger partial charge in [0.05, 0.1) is 24.4 Å². The van der Waals surface area contributed by atoms with Crippen LogP contribution in [0.3, 0.4) is 0 Å². The van der Waals surface area contributed by atoms with Crippen molar-refractivity contribution in [1.82, 2.24) is 4.98 Å². The van der Waals surface area contributed by atoms with Gasteiger partial charge >= 0.3 is 0 Å². The zero-order valence-electron chi connectivity index (χ0n) is 13.9. The molecule has 0 unspecified atom stereocenters. The van der Waals surface area contributed by atoms with E-state index in [0.717, 1.165) is 28.4 Å². The molecule has 4 nitrogen and oxygen atoms in total. The van der Waals surface area contributed by atoms with Gasteiger partial charge in [-0.05, 0) is 24.5 Å². The van der Waals surface area contributed by atoms with E-state index in [9.17, 15) is 10.4 Å². The number of aromatic nitrogens is 1. The Kier molecular flexibility index (Phi) is 4.98. The third-order valence-electron chi connectivity index (χ3n) is 4.53. The lowest BCUT2D eigenvalue weighted by Crippen LogP contribution is -2.63. The average molecular weight is 339 g/mol. The minimum atomic E-state index is -0.287. The summed E-state index contributed by atoms with van der Waals surface area (Å²) in [4.78, 5) is 6.55. The zero-order chi connectivity index (χ0) is 17.1. The van der Waals surface area contributed by atoms with Crippen LogP contribution in [-0.2, 0) is 6.42 Å². The molecule has 3 rings (SSSR count). The molecule has 1 fully saturated rings. The van der Waals surface area contributed by atoms with Crippen LogP contribution in [0.25, 0.3) is 6.08 Å². The molecule has 1 aliphatic rings. The maximum atomic E-state index is 9.88. The Bertz CT molecular complexity index is 760. The Morgan fingerprint density at radius 3 is 2.67 bits per heavy atom. The summed E-state index contributed by atoms with van der Waals surface area (Å²) in [5, 5.41) is 22.4. The topological polar surface area (TPSA) is 60.2 Å². The Morgan fingerprint density at radius 2 is 2.12 bits per heavy atom. The van der Waals surface area contributed by atoms with Crippen LogP contribution in [0.4, 0.5) is 5.13 Å². The molecule has 1 N–H and O–H groups in total. The van der Waals surface area contributed by atoms with Gasteiger partial charge in [0.15, 0.2) is 5.13 Å². The molecule has 0 saturated carbocycles. The van der Waals surface area contributed by atoms with Crippen LogP contribution in [0.1, 0.15) is 36.6 Å². The van der Waals surface area contributed by atoms with Crippen LogP contribution < -0.4 is 4.90 Å². The van der Waals surface area contributed by atoms with Gasteiger partial charge in [-0.2, -0.15) is 5.26 Å². The minimum Gasteiger partial charge on any atom is -0.394 e. The van der Waals surface area contributed by atoms with Gasteiger partial charge in [-0.15, -0.1) is 11.3 Å². The zero-order valence-corrected chi connectivity index (χ0v) is 14.7. The second kappa shape index (κ2) is 7.16. The van der Waals surface area contributed by atoms with Crippen LogP contribution in [0, 0.1) is 11.3 Å². The molecule has 0 bridgehead atoms. The first-order valence-electron chi connectivity index (χ1n) is 8.19. The lowest BCUT2D eigenvalue weighted by atomic mass is 9.76. The lowest BCUT2D eigenvalue weighted by molar-refractivity contribution is 0.187. The number of nitrogens with zero attached hydrogens (tertiary/aromatic N) is 3. The van der Waals surface area contributed by atoms with Crippen molar-refractivity contribution in [3.8, 4) is 6.07 Å². The largest absolute Gasteiger partial charge is 0.394 e. The molecule has 1 aromatic heterocycles. The molecule has 1 aromatic carbocycles. The van der Waals surface area contributed by atoms with E-state index in [0.29, 0.717) is 0 Å². The van der Waals surface area contributed by atoms with Gasteiger partial charge in [0, 0.05) is 11.3 Å². The third-order valence-corrected chi connectivity index (χ3v) is 5.44. The van der Waals surface area contributed by atoms with Crippen molar-refractivity contribution in [2.24, 2.45) is 0 Å². The summed E-state index contributed by atoms with van der Waals surface area (Å²) < 4.78 is 0. The van der Waals surface area contributed by atoms with Crippen molar-refractivity contribution in [2.45, 2.75) is 38.3 Å². The van der Waals surface area contributed by atoms with Crippen LogP contribution in [0.15, 0.2) is 35.7 Å². The van der Waals surface area contributed by atoms with Gasteiger partial charge < -0.3 is 10.0 Å². The van der Waals surface area contributed by atoms with Crippen molar-refractivity contribution in [2.75, 3.05) is 11.5 Å². The Labute approximate surface area is 146 Å². The van der Waals surface area contributed by atoms with Crippen molar-refractivity contribution in [3.05, 3.63) is 52.5 Å². The number of aliphatic hydroxyl groups excluding tert-OH is 1. The maximum absolute atomic E-state index is 9.88. The number of nitriles is 1. The highest BCUT2D eigenvalue weighted by Gasteiger charge is 2.50. The van der Waals surface area contributed by atoms with Crippen molar-refractivity contribution < 1.29 is 5.11 Å². The number of allylic oxidation sites excluding steroid dienone is 1.